The average Bonchev–Trinajstić information content (AvgIpc) is 2.65. The minimum absolute atomic E-state index is 0.0964. The number of fused-ring (bicyclic) bond motifs is 1. The molecule has 2 aliphatic rings. The van der Waals surface area contributed by atoms with Gasteiger partial charge in [0.15, 0.2) is 0 Å². The van der Waals surface area contributed by atoms with Crippen molar-refractivity contribution in [3.63, 3.8) is 0 Å². The molecule has 5 nitrogen and oxygen atoms in total. The Hall–Kier alpha value is -3.12. The lowest BCUT2D eigenvalue weighted by Gasteiger charge is -2.30. The molecule has 4 rings (SSSR count). The highest BCUT2D eigenvalue weighted by Crippen LogP contribution is 2.31. The van der Waals surface area contributed by atoms with E-state index >= 15 is 0 Å². The first kappa shape index (κ1) is 16.4. The third kappa shape index (κ3) is 2.95. The Kier molecular flexibility index (Phi) is 4.18. The highest BCUT2D eigenvalue weighted by atomic mass is 32.1. The van der Waals surface area contributed by atoms with Gasteiger partial charge in [0.25, 0.3) is 0 Å². The number of hydrogen-bond donors (Lipinski definition) is 0. The molecular formula is C20H15N3O2S. The van der Waals surface area contributed by atoms with E-state index in [9.17, 15) is 4.79 Å². The van der Waals surface area contributed by atoms with Gasteiger partial charge in [0, 0.05) is 6.20 Å². The molecule has 26 heavy (non-hydrogen) atoms. The van der Waals surface area contributed by atoms with Crippen LogP contribution in [0, 0.1) is 12.8 Å². The molecule has 0 saturated heterocycles. The van der Waals surface area contributed by atoms with E-state index in [1.165, 1.54) is 4.90 Å². The SMILES string of the molecule is Cc1cc(N2C(=O)C3C=CC=CC3=NC2=S)ccc1Oc1cccnc1. The first-order valence-corrected chi connectivity index (χ1v) is 8.54. The van der Waals surface area contributed by atoms with Gasteiger partial charge in [-0.3, -0.25) is 14.7 Å². The molecule has 2 aromatic rings. The van der Waals surface area contributed by atoms with Crippen LogP contribution in [0.2, 0.25) is 0 Å². The summed E-state index contributed by atoms with van der Waals surface area (Å²) in [6, 6.07) is 9.16. The number of rotatable bonds is 3. The lowest BCUT2D eigenvalue weighted by molar-refractivity contribution is -0.118. The van der Waals surface area contributed by atoms with Crippen LogP contribution >= 0.6 is 12.2 Å². The van der Waals surface area contributed by atoms with Crippen LogP contribution in [0.5, 0.6) is 11.5 Å². The van der Waals surface area contributed by atoms with Gasteiger partial charge in [0.1, 0.15) is 11.5 Å². The molecule has 2 heterocycles. The van der Waals surface area contributed by atoms with Gasteiger partial charge in [0.2, 0.25) is 11.0 Å². The Morgan fingerprint density at radius 1 is 1.23 bits per heavy atom. The lowest BCUT2D eigenvalue weighted by Crippen LogP contribution is -2.46. The van der Waals surface area contributed by atoms with E-state index in [-0.39, 0.29) is 11.0 Å². The van der Waals surface area contributed by atoms with Gasteiger partial charge in [-0.2, -0.15) is 0 Å². The molecule has 128 valence electrons. The van der Waals surface area contributed by atoms with Crippen molar-refractivity contribution < 1.29 is 9.53 Å². The fourth-order valence-corrected chi connectivity index (χ4v) is 3.20. The van der Waals surface area contributed by atoms with Crippen LogP contribution in [0.3, 0.4) is 0 Å². The fraction of sp³-hybridized carbons (Fsp3) is 0.100. The number of amides is 1. The maximum Gasteiger partial charge on any atom is 0.246 e. The van der Waals surface area contributed by atoms with Crippen molar-refractivity contribution >= 4 is 34.6 Å². The van der Waals surface area contributed by atoms with E-state index in [1.807, 2.05) is 61.6 Å². The molecule has 0 N–H and O–H groups in total. The number of nitrogens with zero attached hydrogens (tertiary/aromatic N) is 3. The Morgan fingerprint density at radius 3 is 2.88 bits per heavy atom. The van der Waals surface area contributed by atoms with E-state index < -0.39 is 5.92 Å². The number of benzene rings is 1. The first-order valence-electron chi connectivity index (χ1n) is 8.13. The Labute approximate surface area is 156 Å². The number of thiocarbonyl (C=S) groups is 1. The van der Waals surface area contributed by atoms with Gasteiger partial charge >= 0.3 is 0 Å². The van der Waals surface area contributed by atoms with Crippen LogP contribution in [0.15, 0.2) is 72.0 Å². The molecule has 1 aromatic heterocycles. The fourth-order valence-electron chi connectivity index (χ4n) is 2.90. The number of aromatic nitrogens is 1. The molecule has 0 saturated carbocycles. The molecule has 6 heteroatoms. The number of hydrogen-bond acceptors (Lipinski definition) is 4. The van der Waals surface area contributed by atoms with E-state index in [1.54, 1.807) is 12.4 Å². The van der Waals surface area contributed by atoms with Crippen LogP contribution in [0.25, 0.3) is 0 Å². The summed E-state index contributed by atoms with van der Waals surface area (Å²) >= 11 is 5.36. The summed E-state index contributed by atoms with van der Waals surface area (Å²) in [5.41, 5.74) is 2.25. The van der Waals surface area contributed by atoms with Gasteiger partial charge in [-0.25, -0.2) is 4.99 Å². The second-order valence-corrected chi connectivity index (χ2v) is 6.32. The summed E-state index contributed by atoms with van der Waals surface area (Å²) in [7, 11) is 0. The molecule has 0 spiro atoms. The number of allylic oxidation sites excluding steroid dienone is 3. The first-order chi connectivity index (χ1) is 12.6. The number of carbonyl (C=O) groups excluding carboxylic acids is 1. The van der Waals surface area contributed by atoms with Crippen molar-refractivity contribution in [2.24, 2.45) is 10.9 Å². The standard InChI is InChI=1S/C20H15N3O2S/c1-13-11-14(8-9-18(13)25-15-5-4-10-21-12-15)23-19(24)16-6-2-3-7-17(16)22-20(23)26/h2-12,16H,1H3. The van der Waals surface area contributed by atoms with Crippen molar-refractivity contribution in [1.29, 1.82) is 0 Å². The summed E-state index contributed by atoms with van der Waals surface area (Å²) in [5, 5.41) is 0.251. The van der Waals surface area contributed by atoms with Crippen LogP contribution in [0.4, 0.5) is 5.69 Å². The largest absolute Gasteiger partial charge is 0.455 e. The summed E-state index contributed by atoms with van der Waals surface area (Å²) in [6.45, 7) is 1.92. The molecule has 0 fully saturated rings. The monoisotopic (exact) mass is 361 g/mol. The summed E-state index contributed by atoms with van der Waals surface area (Å²) < 4.78 is 5.84. The minimum Gasteiger partial charge on any atom is -0.455 e. The van der Waals surface area contributed by atoms with Crippen LogP contribution < -0.4 is 9.64 Å². The average molecular weight is 361 g/mol. The van der Waals surface area contributed by atoms with E-state index in [0.29, 0.717) is 22.9 Å². The van der Waals surface area contributed by atoms with Crippen LogP contribution in [-0.2, 0) is 4.79 Å². The predicted octanol–water partition coefficient (Wildman–Crippen LogP) is 4.00. The van der Waals surface area contributed by atoms with Crippen molar-refractivity contribution in [2.45, 2.75) is 6.92 Å². The Balaban J connectivity index is 1.64. The Morgan fingerprint density at radius 2 is 2.12 bits per heavy atom. The number of pyridine rings is 1. The smallest absolute Gasteiger partial charge is 0.246 e. The van der Waals surface area contributed by atoms with E-state index in [0.717, 1.165) is 5.56 Å². The number of aryl methyl sites for hydroxylation is 1. The maximum atomic E-state index is 12.9. The topological polar surface area (TPSA) is 54.8 Å². The molecule has 1 unspecified atom stereocenters. The second kappa shape index (κ2) is 6.65. The minimum atomic E-state index is -0.390. The quantitative estimate of drug-likeness (QED) is 0.776. The third-order valence-electron chi connectivity index (χ3n) is 4.18. The molecule has 1 aliphatic carbocycles. The van der Waals surface area contributed by atoms with Gasteiger partial charge in [0.05, 0.1) is 23.5 Å². The Bertz CT molecular complexity index is 980. The van der Waals surface area contributed by atoms with Crippen LogP contribution in [0.1, 0.15) is 5.56 Å². The molecular weight excluding hydrogens is 346 g/mol. The maximum absolute atomic E-state index is 12.9. The molecule has 1 aromatic carbocycles. The normalized spacial score (nSPS) is 18.6. The number of aliphatic imine (C=N–C) groups is 1. The van der Waals surface area contributed by atoms with Crippen LogP contribution in [-0.4, -0.2) is 21.7 Å². The van der Waals surface area contributed by atoms with Crippen molar-refractivity contribution in [2.75, 3.05) is 4.90 Å². The zero-order chi connectivity index (χ0) is 18.1. The zero-order valence-corrected chi connectivity index (χ0v) is 14.8. The number of anilines is 1. The van der Waals surface area contributed by atoms with Gasteiger partial charge in [-0.1, -0.05) is 18.2 Å². The zero-order valence-electron chi connectivity index (χ0n) is 14.0. The predicted molar refractivity (Wildman–Crippen MR) is 105 cm³/mol. The number of ether oxygens (including phenoxy) is 1. The van der Waals surface area contributed by atoms with Gasteiger partial charge in [-0.15, -0.1) is 0 Å². The van der Waals surface area contributed by atoms with Gasteiger partial charge < -0.3 is 4.74 Å². The highest BCUT2D eigenvalue weighted by Gasteiger charge is 2.34. The lowest BCUT2D eigenvalue weighted by atomic mass is 9.95. The third-order valence-corrected chi connectivity index (χ3v) is 4.46. The summed E-state index contributed by atoms with van der Waals surface area (Å²) in [4.78, 5) is 22.8. The number of carbonyl (C=O) groups is 1. The van der Waals surface area contributed by atoms with Crippen molar-refractivity contribution in [1.82, 2.24) is 4.98 Å². The summed E-state index contributed by atoms with van der Waals surface area (Å²) in [6.07, 6.45) is 10.7. The highest BCUT2D eigenvalue weighted by molar-refractivity contribution is 7.80. The van der Waals surface area contributed by atoms with Crippen molar-refractivity contribution in [3.8, 4) is 11.5 Å². The molecule has 1 atom stereocenters. The van der Waals surface area contributed by atoms with Gasteiger partial charge in [-0.05, 0) is 61.1 Å². The molecule has 0 bridgehead atoms. The summed E-state index contributed by atoms with van der Waals surface area (Å²) in [5.74, 6) is 0.863. The van der Waals surface area contributed by atoms with E-state index in [4.69, 9.17) is 17.0 Å². The molecule has 1 aliphatic heterocycles. The van der Waals surface area contributed by atoms with E-state index in [2.05, 4.69) is 9.98 Å². The second-order valence-electron chi connectivity index (χ2n) is 5.96. The van der Waals surface area contributed by atoms with Crippen molar-refractivity contribution in [3.05, 3.63) is 72.6 Å². The molecule has 1 amide bonds. The molecule has 0 radical (unpaired) electrons.